The molecule has 2 saturated heterocycles. The molecule has 0 bridgehead atoms. The van der Waals surface area contributed by atoms with Crippen molar-refractivity contribution in [2.24, 2.45) is 4.99 Å². The molecule has 0 atom stereocenters. The summed E-state index contributed by atoms with van der Waals surface area (Å²) in [5.41, 5.74) is 1.06. The van der Waals surface area contributed by atoms with Crippen LogP contribution >= 0.6 is 0 Å². The highest BCUT2D eigenvalue weighted by Gasteiger charge is 2.29. The second kappa shape index (κ2) is 6.16. The van der Waals surface area contributed by atoms with Crippen molar-refractivity contribution >= 4 is 5.84 Å². The van der Waals surface area contributed by atoms with Gasteiger partial charge in [-0.3, -0.25) is 9.89 Å². The molecule has 2 aliphatic rings. The lowest BCUT2D eigenvalue weighted by Crippen LogP contribution is -2.57. The summed E-state index contributed by atoms with van der Waals surface area (Å²) in [5.74, 6) is 1.06. The first-order valence-corrected chi connectivity index (χ1v) is 6.58. The number of hydrogen-bond donors (Lipinski definition) is 0. The van der Waals surface area contributed by atoms with Crippen LogP contribution in [0.3, 0.4) is 0 Å². The minimum Gasteiger partial charge on any atom is -0.378 e. The van der Waals surface area contributed by atoms with Gasteiger partial charge < -0.3 is 9.64 Å². The van der Waals surface area contributed by atoms with Crippen LogP contribution < -0.4 is 0 Å². The first kappa shape index (κ1) is 13.3. The normalized spacial score (nSPS) is 23.4. The maximum atomic E-state index is 5.25. The fraction of sp³-hybridized carbons (Fsp3) is 0.643. The Morgan fingerprint density at radius 1 is 1.22 bits per heavy atom. The third-order valence-corrected chi connectivity index (χ3v) is 3.52. The first-order valence-electron chi connectivity index (χ1n) is 6.58. The summed E-state index contributed by atoms with van der Waals surface area (Å²) in [4.78, 5) is 9.23. The van der Waals surface area contributed by atoms with Crippen molar-refractivity contribution in [3.63, 3.8) is 0 Å². The fourth-order valence-electron chi connectivity index (χ4n) is 2.29. The summed E-state index contributed by atoms with van der Waals surface area (Å²) in [6, 6.07) is 0.653. The van der Waals surface area contributed by atoms with Gasteiger partial charge in [0.15, 0.2) is 0 Å². The molecule has 0 aromatic carbocycles. The molecule has 2 aliphatic heterocycles. The lowest BCUT2D eigenvalue weighted by Gasteiger charge is -2.43. The van der Waals surface area contributed by atoms with Crippen LogP contribution in [-0.4, -0.2) is 68.1 Å². The van der Waals surface area contributed by atoms with E-state index >= 15 is 0 Å². The van der Waals surface area contributed by atoms with E-state index in [1.807, 2.05) is 20.0 Å². The van der Waals surface area contributed by atoms with Crippen LogP contribution in [0.4, 0.5) is 0 Å². The lowest BCUT2D eigenvalue weighted by atomic mass is 10.2. The second-order valence-corrected chi connectivity index (χ2v) is 4.98. The average molecular weight is 249 g/mol. The van der Waals surface area contributed by atoms with Gasteiger partial charge in [-0.25, -0.2) is 0 Å². The standard InChI is InChI=1S/C14H23N3O/c1-12(2)4-5-14(15-3)17-8-6-16(7-9-17)13-10-18-11-13/h4-5,13H,1,6-11H2,2-3H3/b5-4-,15-14?. The van der Waals surface area contributed by atoms with Gasteiger partial charge in [-0.05, 0) is 13.0 Å². The number of aliphatic imine (C=N–C) groups is 1. The van der Waals surface area contributed by atoms with E-state index in [0.717, 1.165) is 50.8 Å². The molecule has 0 aromatic rings. The van der Waals surface area contributed by atoms with Gasteiger partial charge >= 0.3 is 0 Å². The van der Waals surface area contributed by atoms with Crippen molar-refractivity contribution < 1.29 is 4.74 Å². The minimum atomic E-state index is 0.653. The van der Waals surface area contributed by atoms with Crippen LogP contribution in [0.5, 0.6) is 0 Å². The Labute approximate surface area is 110 Å². The third kappa shape index (κ3) is 3.21. The summed E-state index contributed by atoms with van der Waals surface area (Å²) in [5, 5.41) is 0. The number of piperazine rings is 1. The molecule has 0 spiro atoms. The van der Waals surface area contributed by atoms with E-state index in [0.29, 0.717) is 6.04 Å². The Bertz CT molecular complexity index is 350. The maximum Gasteiger partial charge on any atom is 0.123 e. The van der Waals surface area contributed by atoms with Crippen LogP contribution in [0.2, 0.25) is 0 Å². The van der Waals surface area contributed by atoms with Gasteiger partial charge in [-0.15, -0.1) is 0 Å². The topological polar surface area (TPSA) is 28.1 Å². The molecular formula is C14H23N3O. The van der Waals surface area contributed by atoms with Crippen molar-refractivity contribution in [2.45, 2.75) is 13.0 Å². The summed E-state index contributed by atoms with van der Waals surface area (Å²) < 4.78 is 5.25. The molecule has 0 saturated carbocycles. The highest BCUT2D eigenvalue weighted by Crippen LogP contribution is 2.13. The minimum absolute atomic E-state index is 0.653. The van der Waals surface area contributed by atoms with Crippen LogP contribution in [0, 0.1) is 0 Å². The molecule has 4 heteroatoms. The fourth-order valence-corrected chi connectivity index (χ4v) is 2.29. The Morgan fingerprint density at radius 3 is 2.33 bits per heavy atom. The molecule has 0 unspecified atom stereocenters. The molecule has 0 radical (unpaired) electrons. The third-order valence-electron chi connectivity index (χ3n) is 3.52. The Balaban J connectivity index is 1.85. The Morgan fingerprint density at radius 2 is 1.89 bits per heavy atom. The van der Waals surface area contributed by atoms with E-state index in [4.69, 9.17) is 4.74 Å². The van der Waals surface area contributed by atoms with Gasteiger partial charge in [0.25, 0.3) is 0 Å². The molecule has 0 N–H and O–H groups in total. The molecule has 18 heavy (non-hydrogen) atoms. The predicted molar refractivity (Wildman–Crippen MR) is 75.1 cm³/mol. The van der Waals surface area contributed by atoms with Crippen molar-refractivity contribution in [1.82, 2.24) is 9.80 Å². The number of hydrogen-bond acceptors (Lipinski definition) is 3. The molecule has 2 fully saturated rings. The molecule has 2 rings (SSSR count). The van der Waals surface area contributed by atoms with E-state index in [-0.39, 0.29) is 0 Å². The van der Waals surface area contributed by atoms with Crippen molar-refractivity contribution in [3.8, 4) is 0 Å². The number of nitrogens with zero attached hydrogens (tertiary/aromatic N) is 3. The summed E-state index contributed by atoms with van der Waals surface area (Å²) >= 11 is 0. The highest BCUT2D eigenvalue weighted by atomic mass is 16.5. The van der Waals surface area contributed by atoms with E-state index < -0.39 is 0 Å². The van der Waals surface area contributed by atoms with E-state index in [9.17, 15) is 0 Å². The van der Waals surface area contributed by atoms with Crippen molar-refractivity contribution in [3.05, 3.63) is 24.3 Å². The summed E-state index contributed by atoms with van der Waals surface area (Å²) in [6.45, 7) is 12.0. The van der Waals surface area contributed by atoms with Gasteiger partial charge in [0.1, 0.15) is 5.84 Å². The van der Waals surface area contributed by atoms with E-state index in [2.05, 4.69) is 27.4 Å². The Hall–Kier alpha value is -1.13. The maximum absolute atomic E-state index is 5.25. The van der Waals surface area contributed by atoms with Crippen LogP contribution in [-0.2, 0) is 4.74 Å². The Kier molecular flexibility index (Phi) is 4.55. The first-order chi connectivity index (χ1) is 8.70. The SMILES string of the molecule is C=C(C)/C=C\C(=NC)N1CCN(C2COC2)CC1. The zero-order valence-electron chi connectivity index (χ0n) is 11.4. The number of ether oxygens (including phenoxy) is 1. The van der Waals surface area contributed by atoms with Gasteiger partial charge in [-0.2, -0.15) is 0 Å². The van der Waals surface area contributed by atoms with Gasteiger partial charge in [0.05, 0.1) is 19.3 Å². The largest absolute Gasteiger partial charge is 0.378 e. The molecule has 0 aromatic heterocycles. The van der Waals surface area contributed by atoms with Crippen LogP contribution in [0.15, 0.2) is 29.3 Å². The smallest absolute Gasteiger partial charge is 0.123 e. The number of rotatable bonds is 3. The zero-order valence-corrected chi connectivity index (χ0v) is 11.4. The zero-order chi connectivity index (χ0) is 13.0. The van der Waals surface area contributed by atoms with E-state index in [1.54, 1.807) is 0 Å². The molecule has 0 amide bonds. The molecule has 4 nitrogen and oxygen atoms in total. The monoisotopic (exact) mass is 249 g/mol. The molecule has 0 aliphatic carbocycles. The predicted octanol–water partition coefficient (Wildman–Crippen LogP) is 1.16. The summed E-state index contributed by atoms with van der Waals surface area (Å²) in [7, 11) is 1.85. The van der Waals surface area contributed by atoms with Crippen molar-refractivity contribution in [2.75, 3.05) is 46.4 Å². The van der Waals surface area contributed by atoms with Crippen molar-refractivity contribution in [1.29, 1.82) is 0 Å². The lowest BCUT2D eigenvalue weighted by molar-refractivity contribution is -0.0728. The van der Waals surface area contributed by atoms with Crippen LogP contribution in [0.1, 0.15) is 6.92 Å². The summed E-state index contributed by atoms with van der Waals surface area (Å²) in [6.07, 6.45) is 4.08. The van der Waals surface area contributed by atoms with Crippen LogP contribution in [0.25, 0.3) is 0 Å². The highest BCUT2D eigenvalue weighted by molar-refractivity contribution is 5.93. The van der Waals surface area contributed by atoms with Gasteiger partial charge in [-0.1, -0.05) is 18.2 Å². The van der Waals surface area contributed by atoms with Gasteiger partial charge in [0, 0.05) is 33.2 Å². The molecule has 2 heterocycles. The van der Waals surface area contributed by atoms with Gasteiger partial charge in [0.2, 0.25) is 0 Å². The number of amidine groups is 1. The average Bonchev–Trinajstić information content (AvgIpc) is 2.29. The second-order valence-electron chi connectivity index (χ2n) is 4.98. The van der Waals surface area contributed by atoms with E-state index in [1.165, 1.54) is 0 Å². The quantitative estimate of drug-likeness (QED) is 0.427. The molecular weight excluding hydrogens is 226 g/mol. The number of allylic oxidation sites excluding steroid dienone is 2. The molecule has 100 valence electrons.